The highest BCUT2D eigenvalue weighted by Gasteiger charge is 2.45. The van der Waals surface area contributed by atoms with E-state index in [9.17, 15) is 18.0 Å². The number of nitrogens with zero attached hydrogens (tertiary/aromatic N) is 4. The van der Waals surface area contributed by atoms with Gasteiger partial charge in [0.2, 0.25) is 11.9 Å². The fourth-order valence-corrected chi connectivity index (χ4v) is 4.53. The van der Waals surface area contributed by atoms with Crippen LogP contribution in [0.2, 0.25) is 0 Å². The monoisotopic (exact) mass is 484 g/mol. The summed E-state index contributed by atoms with van der Waals surface area (Å²) in [5, 5.41) is 9.97. The lowest BCUT2D eigenvalue weighted by Gasteiger charge is -2.34. The van der Waals surface area contributed by atoms with Crippen molar-refractivity contribution in [2.45, 2.75) is 51.1 Å². The zero-order valence-corrected chi connectivity index (χ0v) is 19.6. The van der Waals surface area contributed by atoms with Crippen molar-refractivity contribution in [3.8, 4) is 0 Å². The van der Waals surface area contributed by atoms with Crippen LogP contribution in [0.5, 0.6) is 0 Å². The van der Waals surface area contributed by atoms with Gasteiger partial charge in [0.15, 0.2) is 0 Å². The number of anilines is 1. The number of halogens is 3. The molecule has 1 fully saturated rings. The highest BCUT2D eigenvalue weighted by Crippen LogP contribution is 2.41. The lowest BCUT2D eigenvalue weighted by atomic mass is 9.81. The predicted octanol–water partition coefficient (Wildman–Crippen LogP) is 4.44. The summed E-state index contributed by atoms with van der Waals surface area (Å²) in [6.07, 6.45) is 8.28. The van der Waals surface area contributed by atoms with E-state index >= 15 is 0 Å². The van der Waals surface area contributed by atoms with Crippen LogP contribution in [0.15, 0.2) is 36.8 Å². The van der Waals surface area contributed by atoms with Crippen LogP contribution in [0.4, 0.5) is 19.1 Å². The molecule has 0 unspecified atom stereocenters. The second kappa shape index (κ2) is 8.66. The third-order valence-electron chi connectivity index (χ3n) is 6.36. The highest BCUT2D eigenvalue weighted by atomic mass is 19.3. The molecule has 1 amide bonds. The molecule has 10 heteroatoms. The molecule has 0 radical (unpaired) electrons. The smallest absolute Gasteiger partial charge is 0.255 e. The van der Waals surface area contributed by atoms with Crippen molar-refractivity contribution >= 4 is 22.9 Å². The molecule has 5 rings (SSSR count). The largest absolute Gasteiger partial charge is 0.352 e. The second-order valence-electron chi connectivity index (χ2n) is 9.93. The summed E-state index contributed by atoms with van der Waals surface area (Å²) < 4.78 is 41.6. The normalized spacial score (nSPS) is 17.5. The fraction of sp³-hybridized carbons (Fsp3) is 0.440. The van der Waals surface area contributed by atoms with Crippen LogP contribution in [0.1, 0.15) is 60.3 Å². The Balaban J connectivity index is 1.36. The molecule has 35 heavy (non-hydrogen) atoms. The van der Waals surface area contributed by atoms with Crippen molar-refractivity contribution in [1.82, 2.24) is 24.9 Å². The minimum Gasteiger partial charge on any atom is -0.352 e. The third kappa shape index (κ3) is 5.01. The van der Waals surface area contributed by atoms with Crippen LogP contribution < -0.4 is 10.6 Å². The number of carbonyl (C=O) groups excluding carboxylic acids is 1. The Morgan fingerprint density at radius 2 is 2.09 bits per heavy atom. The average Bonchev–Trinajstić information content (AvgIpc) is 3.22. The zero-order valence-electron chi connectivity index (χ0n) is 19.6. The van der Waals surface area contributed by atoms with E-state index in [1.54, 1.807) is 16.9 Å². The van der Waals surface area contributed by atoms with Crippen LogP contribution in [0.25, 0.3) is 11.1 Å². The Hall–Kier alpha value is -3.43. The van der Waals surface area contributed by atoms with E-state index in [1.807, 2.05) is 12.1 Å². The van der Waals surface area contributed by atoms with E-state index < -0.39 is 11.6 Å². The van der Waals surface area contributed by atoms with Crippen LogP contribution >= 0.6 is 0 Å². The lowest BCUT2D eigenvalue weighted by Crippen LogP contribution is -2.42. The molecule has 2 N–H and O–H groups in total. The summed E-state index contributed by atoms with van der Waals surface area (Å²) >= 11 is 0. The highest BCUT2D eigenvalue weighted by molar-refractivity contribution is 6.01. The van der Waals surface area contributed by atoms with E-state index in [0.29, 0.717) is 17.0 Å². The van der Waals surface area contributed by atoms with Gasteiger partial charge in [-0.05, 0) is 55.9 Å². The number of aryl methyl sites for hydroxylation is 1. The summed E-state index contributed by atoms with van der Waals surface area (Å²) in [6, 6.07) is 3.80. The quantitative estimate of drug-likeness (QED) is 0.518. The maximum Gasteiger partial charge on any atom is 0.255 e. The Morgan fingerprint density at radius 3 is 2.83 bits per heavy atom. The number of amides is 1. The van der Waals surface area contributed by atoms with E-state index in [4.69, 9.17) is 0 Å². The summed E-state index contributed by atoms with van der Waals surface area (Å²) in [7, 11) is 0. The first-order valence-electron chi connectivity index (χ1n) is 11.7. The van der Waals surface area contributed by atoms with Gasteiger partial charge in [-0.3, -0.25) is 4.79 Å². The number of nitrogens with one attached hydrogen (secondary N) is 2. The minimum atomic E-state index is -2.61. The van der Waals surface area contributed by atoms with Gasteiger partial charge in [0, 0.05) is 37.3 Å². The number of hydrogen-bond donors (Lipinski definition) is 2. The first-order chi connectivity index (χ1) is 16.6. The summed E-state index contributed by atoms with van der Waals surface area (Å²) in [6.45, 7) is 3.32. The third-order valence-corrected chi connectivity index (χ3v) is 6.36. The molecule has 0 bridgehead atoms. The second-order valence-corrected chi connectivity index (χ2v) is 9.93. The Labute approximate surface area is 200 Å². The summed E-state index contributed by atoms with van der Waals surface area (Å²) in [5.41, 5.74) is 3.24. The molecule has 3 heterocycles. The first kappa shape index (κ1) is 23.3. The van der Waals surface area contributed by atoms with Crippen molar-refractivity contribution in [2.75, 3.05) is 18.4 Å². The topological polar surface area (TPSA) is 84.2 Å². The zero-order chi connectivity index (χ0) is 24.8. The molecule has 1 saturated carbocycles. The maximum absolute atomic E-state index is 13.8. The molecule has 184 valence electrons. The van der Waals surface area contributed by atoms with Crippen molar-refractivity contribution in [1.29, 1.82) is 0 Å². The van der Waals surface area contributed by atoms with Crippen molar-refractivity contribution in [3.05, 3.63) is 59.2 Å². The minimum absolute atomic E-state index is 0.111. The van der Waals surface area contributed by atoms with Gasteiger partial charge < -0.3 is 10.6 Å². The van der Waals surface area contributed by atoms with Crippen molar-refractivity contribution < 1.29 is 18.0 Å². The molecule has 3 aromatic rings. The molecule has 0 aromatic carbocycles. The Morgan fingerprint density at radius 1 is 1.29 bits per heavy atom. The van der Waals surface area contributed by atoms with Crippen LogP contribution in [0.3, 0.4) is 0 Å². The number of allylic oxidation sites excluding steroid dienone is 1. The molecule has 7 nitrogen and oxygen atoms in total. The molecule has 0 spiro atoms. The van der Waals surface area contributed by atoms with Gasteiger partial charge in [-0.25, -0.2) is 27.7 Å². The molecule has 0 aliphatic heterocycles. The number of pyridine rings is 1. The van der Waals surface area contributed by atoms with Crippen LogP contribution in [-0.4, -0.2) is 50.2 Å². The summed E-state index contributed by atoms with van der Waals surface area (Å²) in [5.74, 6) is -2.75. The van der Waals surface area contributed by atoms with Crippen LogP contribution in [-0.2, 0) is 6.42 Å². The first-order valence-corrected chi connectivity index (χ1v) is 11.7. The molecule has 3 aromatic heterocycles. The number of aromatic nitrogens is 4. The lowest BCUT2D eigenvalue weighted by molar-refractivity contribution is -0.108. The number of carbonyl (C=O) groups is 1. The molecular weight excluding hydrogens is 457 g/mol. The number of hydrogen-bond acceptors (Lipinski definition) is 5. The number of rotatable bonds is 7. The molecular formula is C25H27F3N6O. The van der Waals surface area contributed by atoms with Crippen molar-refractivity contribution in [2.24, 2.45) is 5.92 Å². The van der Waals surface area contributed by atoms with Crippen LogP contribution in [0, 0.1) is 5.92 Å². The summed E-state index contributed by atoms with van der Waals surface area (Å²) in [4.78, 5) is 21.7. The molecule has 2 aliphatic carbocycles. The fourth-order valence-electron chi connectivity index (χ4n) is 4.53. The van der Waals surface area contributed by atoms with Gasteiger partial charge in [-0.1, -0.05) is 6.08 Å². The number of fused-ring (bicyclic) bond motifs is 2. The molecule has 2 aliphatic rings. The van der Waals surface area contributed by atoms with Gasteiger partial charge in [0.25, 0.3) is 5.91 Å². The van der Waals surface area contributed by atoms with Gasteiger partial charge >= 0.3 is 0 Å². The molecule has 0 atom stereocenters. The Kier molecular flexibility index (Phi) is 5.77. The Bertz CT molecular complexity index is 1300. The van der Waals surface area contributed by atoms with Gasteiger partial charge in [-0.2, -0.15) is 5.10 Å². The van der Waals surface area contributed by atoms with Gasteiger partial charge in [0.05, 0.1) is 29.5 Å². The van der Waals surface area contributed by atoms with Crippen molar-refractivity contribution in [3.63, 3.8) is 0 Å². The average molecular weight is 485 g/mol. The van der Waals surface area contributed by atoms with Gasteiger partial charge in [-0.15, -0.1) is 0 Å². The standard InChI is InChI=1S/C25H27F3N6O/c1-24(2,26)14-31-23-30-12-18-17(4-3-5-20(18)33-23)16-6-7-34-21(8-16)19(13-32-34)22(35)29-11-15-9-25(27,28)10-15/h4,6-8,12-13,15H,3,5,9-11,14H2,1-2H3,(H,29,35)(H,30,31,33). The van der Waals surface area contributed by atoms with Gasteiger partial charge in [0.1, 0.15) is 5.67 Å². The van der Waals surface area contributed by atoms with E-state index in [2.05, 4.69) is 31.8 Å². The van der Waals surface area contributed by atoms with E-state index in [1.165, 1.54) is 20.0 Å². The maximum atomic E-state index is 13.8. The van der Waals surface area contributed by atoms with E-state index in [0.717, 1.165) is 35.2 Å². The van der Waals surface area contributed by atoms with E-state index in [-0.39, 0.29) is 37.8 Å². The SMILES string of the molecule is CC(C)(F)CNc1ncc2c(n1)CCC=C2c1ccn2ncc(C(=O)NCC3CC(F)(F)C3)c2c1. The predicted molar refractivity (Wildman–Crippen MR) is 126 cm³/mol. The number of alkyl halides is 3. The molecule has 0 saturated heterocycles.